The Kier molecular flexibility index (Phi) is 9.01. The van der Waals surface area contributed by atoms with E-state index in [1.165, 1.54) is 23.8 Å². The molecule has 0 spiro atoms. The molecule has 1 aliphatic rings. The number of unbranched alkanes of at least 4 members (excludes halogenated alkanes) is 1. The summed E-state index contributed by atoms with van der Waals surface area (Å²) in [6.45, 7) is 3.85. The van der Waals surface area contributed by atoms with Crippen molar-refractivity contribution < 1.29 is 14.5 Å². The summed E-state index contributed by atoms with van der Waals surface area (Å²) < 4.78 is 2.19. The number of benzene rings is 3. The topological polar surface area (TPSA) is 127 Å². The molecule has 12 heteroatoms. The molecule has 230 valence electrons. The van der Waals surface area contributed by atoms with E-state index >= 15 is 0 Å². The van der Waals surface area contributed by atoms with Gasteiger partial charge < -0.3 is 14.4 Å². The first-order valence-electron chi connectivity index (χ1n) is 15.0. The van der Waals surface area contributed by atoms with Gasteiger partial charge in [0.1, 0.15) is 5.52 Å². The fraction of sp³-hybridized carbons (Fsp3) is 0.303. The second-order valence-electron chi connectivity index (χ2n) is 11.2. The van der Waals surface area contributed by atoms with Gasteiger partial charge in [-0.3, -0.25) is 19.7 Å². The van der Waals surface area contributed by atoms with E-state index in [2.05, 4.69) is 39.0 Å². The maximum absolute atomic E-state index is 13.0. The lowest BCUT2D eigenvalue weighted by atomic mass is 10.1. The van der Waals surface area contributed by atoms with Crippen LogP contribution in [0.2, 0.25) is 0 Å². The maximum Gasteiger partial charge on any atom is 0.270 e. The molecule has 6 rings (SSSR count). The van der Waals surface area contributed by atoms with Crippen LogP contribution in [0.25, 0.3) is 22.1 Å². The number of hydrogen-bond acceptors (Lipinski definition) is 8. The summed E-state index contributed by atoms with van der Waals surface area (Å²) in [4.78, 5) is 45.0. The van der Waals surface area contributed by atoms with Gasteiger partial charge in [-0.15, -0.1) is 10.2 Å². The lowest BCUT2D eigenvalue weighted by Crippen LogP contribution is -2.55. The van der Waals surface area contributed by atoms with Gasteiger partial charge in [-0.05, 0) is 37.5 Å². The van der Waals surface area contributed by atoms with E-state index in [-0.39, 0.29) is 29.1 Å². The number of fused-ring (bicyclic) bond motifs is 3. The molecule has 3 aromatic carbocycles. The van der Waals surface area contributed by atoms with Crippen LogP contribution in [0.1, 0.15) is 42.1 Å². The van der Waals surface area contributed by atoms with Gasteiger partial charge in [0.2, 0.25) is 11.1 Å². The Morgan fingerprint density at radius 3 is 2.58 bits per heavy atom. The molecule has 2 aromatic heterocycles. The third kappa shape index (κ3) is 6.65. The molecule has 45 heavy (non-hydrogen) atoms. The van der Waals surface area contributed by atoms with Crippen LogP contribution in [0.15, 0.2) is 84.0 Å². The Balaban J connectivity index is 1.01. The smallest absolute Gasteiger partial charge is 0.270 e. The number of nitro groups is 1. The summed E-state index contributed by atoms with van der Waals surface area (Å²) in [5.74, 6) is 0.575. The molecular weight excluding hydrogens is 590 g/mol. The van der Waals surface area contributed by atoms with Crippen molar-refractivity contribution in [3.63, 3.8) is 0 Å². The summed E-state index contributed by atoms with van der Waals surface area (Å²) in [7, 11) is 0. The summed E-state index contributed by atoms with van der Waals surface area (Å²) in [5, 5.41) is 21.7. The van der Waals surface area contributed by atoms with Crippen LogP contribution >= 0.6 is 11.8 Å². The molecule has 1 atom stereocenters. The number of thioether (sulfide) groups is 1. The van der Waals surface area contributed by atoms with Crippen molar-refractivity contribution in [3.8, 4) is 0 Å². The number of amides is 2. The van der Waals surface area contributed by atoms with Gasteiger partial charge in [0, 0.05) is 67.5 Å². The van der Waals surface area contributed by atoms with E-state index in [1.54, 1.807) is 22.7 Å². The zero-order chi connectivity index (χ0) is 31.3. The van der Waals surface area contributed by atoms with Gasteiger partial charge in [0.25, 0.3) is 11.6 Å². The average molecular weight is 624 g/mol. The predicted molar refractivity (Wildman–Crippen MR) is 173 cm³/mol. The fourth-order valence-corrected chi connectivity index (χ4v) is 6.56. The summed E-state index contributed by atoms with van der Waals surface area (Å²) in [6.07, 6.45) is 1.98. The summed E-state index contributed by atoms with van der Waals surface area (Å²) >= 11 is 1.54. The highest BCUT2D eigenvalue weighted by atomic mass is 32.2. The minimum atomic E-state index is -0.509. The van der Waals surface area contributed by atoms with Crippen molar-refractivity contribution in [3.05, 3.63) is 100 Å². The SMILES string of the molecule is CC1CN(C(=O)CCCCSc2nnc3c4ccccc4n(Cc4ccccc4)c3n2)CCN1C(=O)c1cccc([N+](=O)[O-])c1. The van der Waals surface area contributed by atoms with E-state index in [0.29, 0.717) is 37.8 Å². The molecule has 11 nitrogen and oxygen atoms in total. The zero-order valence-electron chi connectivity index (χ0n) is 24.9. The van der Waals surface area contributed by atoms with Gasteiger partial charge in [-0.1, -0.05) is 66.4 Å². The number of para-hydroxylation sites is 1. The highest BCUT2D eigenvalue weighted by Crippen LogP contribution is 2.28. The number of nitrogens with zero attached hydrogens (tertiary/aromatic N) is 7. The first kappa shape index (κ1) is 30.2. The van der Waals surface area contributed by atoms with Gasteiger partial charge in [-0.2, -0.15) is 0 Å². The zero-order valence-corrected chi connectivity index (χ0v) is 25.7. The van der Waals surface area contributed by atoms with Gasteiger partial charge >= 0.3 is 0 Å². The minimum Gasteiger partial charge on any atom is -0.339 e. The van der Waals surface area contributed by atoms with Crippen LogP contribution in [0, 0.1) is 10.1 Å². The number of piperazine rings is 1. The van der Waals surface area contributed by atoms with Crippen molar-refractivity contribution in [2.75, 3.05) is 25.4 Å². The predicted octanol–water partition coefficient (Wildman–Crippen LogP) is 5.57. The third-order valence-electron chi connectivity index (χ3n) is 8.10. The van der Waals surface area contributed by atoms with E-state index in [0.717, 1.165) is 40.7 Å². The Morgan fingerprint density at radius 1 is 0.978 bits per heavy atom. The Hall–Kier alpha value is -4.84. The number of non-ortho nitro benzene ring substituents is 1. The minimum absolute atomic E-state index is 0.0686. The molecule has 5 aromatic rings. The highest BCUT2D eigenvalue weighted by Gasteiger charge is 2.30. The van der Waals surface area contributed by atoms with Gasteiger partial charge in [-0.25, -0.2) is 4.98 Å². The van der Waals surface area contributed by atoms with Gasteiger partial charge in [0.15, 0.2) is 5.65 Å². The number of carbonyl (C=O) groups excluding carboxylic acids is 2. The van der Waals surface area contributed by atoms with Crippen LogP contribution in [-0.4, -0.2) is 77.7 Å². The quantitative estimate of drug-likeness (QED) is 0.0855. The summed E-state index contributed by atoms with van der Waals surface area (Å²) in [6, 6.07) is 24.0. The van der Waals surface area contributed by atoms with E-state index in [1.807, 2.05) is 42.2 Å². The number of carbonyl (C=O) groups is 2. The number of hydrogen-bond donors (Lipinski definition) is 0. The standard InChI is InChI=1S/C33H33N7O4S/c1-23-21-37(17-18-38(23)32(42)25-12-9-13-26(20-25)40(43)44)29(41)16-7-8-19-45-33-34-31-30(35-36-33)27-14-5-6-15-28(27)39(31)22-24-10-3-2-4-11-24/h2-6,9-15,20,23H,7-8,16-19,21-22H2,1H3. The Bertz CT molecular complexity index is 1860. The third-order valence-corrected chi connectivity index (χ3v) is 9.02. The van der Waals surface area contributed by atoms with E-state index < -0.39 is 4.92 Å². The lowest BCUT2D eigenvalue weighted by Gasteiger charge is -2.40. The first-order chi connectivity index (χ1) is 21.9. The second-order valence-corrected chi connectivity index (χ2v) is 12.2. The molecule has 0 aliphatic carbocycles. The fourth-order valence-electron chi connectivity index (χ4n) is 5.78. The molecule has 3 heterocycles. The van der Waals surface area contributed by atoms with Crippen LogP contribution in [0.3, 0.4) is 0 Å². The largest absolute Gasteiger partial charge is 0.339 e. The molecule has 1 aliphatic heterocycles. The molecule has 0 bridgehead atoms. The second kappa shape index (κ2) is 13.4. The Morgan fingerprint density at radius 2 is 1.78 bits per heavy atom. The number of nitro benzene ring substituents is 1. The van der Waals surface area contributed by atoms with Crippen LogP contribution in [-0.2, 0) is 11.3 Å². The normalized spacial score (nSPS) is 15.1. The van der Waals surface area contributed by atoms with Crippen molar-refractivity contribution in [1.82, 2.24) is 29.5 Å². The van der Waals surface area contributed by atoms with Crippen molar-refractivity contribution in [1.29, 1.82) is 0 Å². The maximum atomic E-state index is 13.0. The van der Waals surface area contributed by atoms with Gasteiger partial charge in [0.05, 0.1) is 10.4 Å². The van der Waals surface area contributed by atoms with Crippen LogP contribution in [0.5, 0.6) is 0 Å². The monoisotopic (exact) mass is 623 g/mol. The molecule has 0 radical (unpaired) electrons. The molecule has 0 saturated carbocycles. The average Bonchev–Trinajstić information content (AvgIpc) is 3.37. The molecule has 1 fully saturated rings. The summed E-state index contributed by atoms with van der Waals surface area (Å²) in [5.41, 5.74) is 4.02. The number of aromatic nitrogens is 4. The van der Waals surface area contributed by atoms with Crippen molar-refractivity contribution >= 4 is 51.3 Å². The number of rotatable bonds is 10. The van der Waals surface area contributed by atoms with Crippen molar-refractivity contribution in [2.24, 2.45) is 0 Å². The van der Waals surface area contributed by atoms with Crippen molar-refractivity contribution in [2.45, 2.75) is 43.9 Å². The lowest BCUT2D eigenvalue weighted by molar-refractivity contribution is -0.384. The van der Waals surface area contributed by atoms with Crippen LogP contribution in [0.4, 0.5) is 5.69 Å². The highest BCUT2D eigenvalue weighted by molar-refractivity contribution is 7.99. The molecule has 1 unspecified atom stereocenters. The Labute approximate surface area is 264 Å². The van der Waals surface area contributed by atoms with E-state index in [9.17, 15) is 19.7 Å². The van der Waals surface area contributed by atoms with Crippen LogP contribution < -0.4 is 0 Å². The molecule has 2 amide bonds. The molecule has 0 N–H and O–H groups in total. The molecule has 1 saturated heterocycles. The molecular formula is C33H33N7O4S. The van der Waals surface area contributed by atoms with E-state index in [4.69, 9.17) is 4.98 Å². The first-order valence-corrected chi connectivity index (χ1v) is 16.0.